The fraction of sp³-hybridized carbons (Fsp3) is 0.0800. The fourth-order valence-corrected chi connectivity index (χ4v) is 2.85. The standard InChI is InChI=1S/C25H22O/c1-2-25(26)24-17-15-21(16-18-24)12-14-23-10-6-9-22(19-23)13-11-20-7-4-3-5-8-20/h2-11,13,15-19H,1,12,14H2/b13-11-. The van der Waals surface area contributed by atoms with Crippen molar-refractivity contribution in [1.82, 2.24) is 0 Å². The van der Waals surface area contributed by atoms with Crippen LogP contribution >= 0.6 is 0 Å². The Morgan fingerprint density at radius 2 is 1.38 bits per heavy atom. The van der Waals surface area contributed by atoms with Gasteiger partial charge in [-0.25, -0.2) is 0 Å². The van der Waals surface area contributed by atoms with E-state index in [-0.39, 0.29) is 5.78 Å². The molecule has 26 heavy (non-hydrogen) atoms. The third-order valence-electron chi connectivity index (χ3n) is 4.35. The molecule has 0 atom stereocenters. The van der Waals surface area contributed by atoms with Gasteiger partial charge in [-0.1, -0.05) is 97.6 Å². The van der Waals surface area contributed by atoms with Crippen LogP contribution in [0.25, 0.3) is 12.2 Å². The Morgan fingerprint density at radius 3 is 2.12 bits per heavy atom. The Morgan fingerprint density at radius 1 is 0.731 bits per heavy atom. The number of hydrogen-bond acceptors (Lipinski definition) is 1. The van der Waals surface area contributed by atoms with Crippen LogP contribution in [0.15, 0.2) is 91.5 Å². The van der Waals surface area contributed by atoms with E-state index in [9.17, 15) is 4.79 Å². The molecule has 3 rings (SSSR count). The number of benzene rings is 3. The van der Waals surface area contributed by atoms with Gasteiger partial charge < -0.3 is 0 Å². The number of rotatable bonds is 7. The molecule has 3 aromatic carbocycles. The highest BCUT2D eigenvalue weighted by molar-refractivity contribution is 6.04. The average Bonchev–Trinajstić information content (AvgIpc) is 2.71. The molecule has 0 saturated heterocycles. The lowest BCUT2D eigenvalue weighted by Crippen LogP contribution is -1.96. The second-order valence-corrected chi connectivity index (χ2v) is 6.25. The van der Waals surface area contributed by atoms with E-state index in [0.29, 0.717) is 5.56 Å². The molecule has 0 bridgehead atoms. The van der Waals surface area contributed by atoms with E-state index in [0.717, 1.165) is 12.8 Å². The van der Waals surface area contributed by atoms with Crippen molar-refractivity contribution in [1.29, 1.82) is 0 Å². The maximum Gasteiger partial charge on any atom is 0.185 e. The number of carbonyl (C=O) groups excluding carboxylic acids is 1. The lowest BCUT2D eigenvalue weighted by atomic mass is 10.0. The van der Waals surface area contributed by atoms with Gasteiger partial charge in [-0.05, 0) is 41.2 Å². The van der Waals surface area contributed by atoms with Crippen LogP contribution < -0.4 is 0 Å². The van der Waals surface area contributed by atoms with Gasteiger partial charge in [0, 0.05) is 5.56 Å². The summed E-state index contributed by atoms with van der Waals surface area (Å²) in [5.41, 5.74) is 5.64. The molecule has 0 unspecified atom stereocenters. The Bertz CT molecular complexity index is 902. The maximum atomic E-state index is 11.6. The van der Waals surface area contributed by atoms with Crippen LogP contribution in [0.3, 0.4) is 0 Å². The maximum absolute atomic E-state index is 11.6. The molecule has 128 valence electrons. The van der Waals surface area contributed by atoms with E-state index >= 15 is 0 Å². The summed E-state index contributed by atoms with van der Waals surface area (Å²) in [5, 5.41) is 0. The molecule has 0 amide bonds. The van der Waals surface area contributed by atoms with Gasteiger partial charge in [0.1, 0.15) is 0 Å². The Hall–Kier alpha value is -3.19. The molecule has 0 saturated carbocycles. The van der Waals surface area contributed by atoms with Gasteiger partial charge in [-0.2, -0.15) is 0 Å². The van der Waals surface area contributed by atoms with Crippen molar-refractivity contribution in [2.75, 3.05) is 0 Å². The van der Waals surface area contributed by atoms with Crippen LogP contribution in [0.4, 0.5) is 0 Å². The van der Waals surface area contributed by atoms with E-state index in [2.05, 4.69) is 55.1 Å². The third kappa shape index (κ3) is 4.90. The highest BCUT2D eigenvalue weighted by Gasteiger charge is 2.01. The molecule has 0 N–H and O–H groups in total. The number of aryl methyl sites for hydroxylation is 2. The SMILES string of the molecule is C=CC(=O)c1ccc(CCc2cccc(/C=C\c3ccccc3)c2)cc1. The molecular formula is C25H22O. The van der Waals surface area contributed by atoms with Crippen molar-refractivity contribution in [2.24, 2.45) is 0 Å². The minimum atomic E-state index is -0.0329. The molecule has 0 aliphatic heterocycles. The van der Waals surface area contributed by atoms with Crippen molar-refractivity contribution in [2.45, 2.75) is 12.8 Å². The normalized spacial score (nSPS) is 10.8. The molecule has 0 fully saturated rings. The van der Waals surface area contributed by atoms with E-state index in [1.807, 2.05) is 42.5 Å². The Kier molecular flexibility index (Phi) is 5.95. The fourth-order valence-electron chi connectivity index (χ4n) is 2.85. The minimum Gasteiger partial charge on any atom is -0.289 e. The summed E-state index contributed by atoms with van der Waals surface area (Å²) in [5.74, 6) is -0.0329. The Labute approximate surface area is 155 Å². The zero-order valence-corrected chi connectivity index (χ0v) is 14.8. The quantitative estimate of drug-likeness (QED) is 0.293. The summed E-state index contributed by atoms with van der Waals surface area (Å²) in [4.78, 5) is 11.6. The van der Waals surface area contributed by atoms with Crippen LogP contribution in [-0.4, -0.2) is 5.78 Å². The molecule has 0 aliphatic carbocycles. The van der Waals surface area contributed by atoms with Crippen LogP contribution in [-0.2, 0) is 12.8 Å². The van der Waals surface area contributed by atoms with Crippen molar-refractivity contribution in [3.63, 3.8) is 0 Å². The highest BCUT2D eigenvalue weighted by Crippen LogP contribution is 2.14. The number of hydrogen-bond donors (Lipinski definition) is 0. The van der Waals surface area contributed by atoms with Crippen LogP contribution in [0.2, 0.25) is 0 Å². The molecule has 0 radical (unpaired) electrons. The van der Waals surface area contributed by atoms with Crippen LogP contribution in [0.1, 0.15) is 32.6 Å². The number of carbonyl (C=O) groups is 1. The molecule has 0 aliphatic rings. The number of allylic oxidation sites excluding steroid dienone is 1. The predicted molar refractivity (Wildman–Crippen MR) is 110 cm³/mol. The van der Waals surface area contributed by atoms with Crippen LogP contribution in [0, 0.1) is 0 Å². The molecule has 0 heterocycles. The molecule has 0 aromatic heterocycles. The summed E-state index contributed by atoms with van der Waals surface area (Å²) in [6.45, 7) is 3.52. The second kappa shape index (κ2) is 8.77. The summed E-state index contributed by atoms with van der Waals surface area (Å²) in [6.07, 6.45) is 7.56. The van der Waals surface area contributed by atoms with Crippen LogP contribution in [0.5, 0.6) is 0 Å². The molecule has 1 nitrogen and oxygen atoms in total. The van der Waals surface area contributed by atoms with E-state index in [4.69, 9.17) is 0 Å². The Balaban J connectivity index is 1.63. The largest absolute Gasteiger partial charge is 0.289 e. The number of ketones is 1. The van der Waals surface area contributed by atoms with E-state index in [1.54, 1.807) is 0 Å². The minimum absolute atomic E-state index is 0.0329. The second-order valence-electron chi connectivity index (χ2n) is 6.25. The van der Waals surface area contributed by atoms with E-state index in [1.165, 1.54) is 28.3 Å². The van der Waals surface area contributed by atoms with Crippen molar-refractivity contribution >= 4 is 17.9 Å². The monoisotopic (exact) mass is 338 g/mol. The molecule has 0 spiro atoms. The van der Waals surface area contributed by atoms with Gasteiger partial charge in [0.15, 0.2) is 5.78 Å². The van der Waals surface area contributed by atoms with E-state index < -0.39 is 0 Å². The third-order valence-corrected chi connectivity index (χ3v) is 4.35. The lowest BCUT2D eigenvalue weighted by molar-refractivity contribution is 0.104. The van der Waals surface area contributed by atoms with Gasteiger partial charge in [0.05, 0.1) is 0 Å². The first-order valence-corrected chi connectivity index (χ1v) is 8.82. The summed E-state index contributed by atoms with van der Waals surface area (Å²) < 4.78 is 0. The summed E-state index contributed by atoms with van der Waals surface area (Å²) in [7, 11) is 0. The van der Waals surface area contributed by atoms with Gasteiger partial charge >= 0.3 is 0 Å². The van der Waals surface area contributed by atoms with Crippen molar-refractivity contribution in [3.8, 4) is 0 Å². The first kappa shape index (κ1) is 17.6. The van der Waals surface area contributed by atoms with Crippen molar-refractivity contribution in [3.05, 3.63) is 119 Å². The smallest absolute Gasteiger partial charge is 0.185 e. The lowest BCUT2D eigenvalue weighted by Gasteiger charge is -2.05. The van der Waals surface area contributed by atoms with Crippen molar-refractivity contribution < 1.29 is 4.79 Å². The van der Waals surface area contributed by atoms with Gasteiger partial charge in [-0.3, -0.25) is 4.79 Å². The summed E-state index contributed by atoms with van der Waals surface area (Å²) in [6, 6.07) is 26.7. The first-order chi connectivity index (χ1) is 12.7. The zero-order chi connectivity index (χ0) is 18.2. The topological polar surface area (TPSA) is 17.1 Å². The van der Waals surface area contributed by atoms with Gasteiger partial charge in [-0.15, -0.1) is 0 Å². The first-order valence-electron chi connectivity index (χ1n) is 8.82. The predicted octanol–water partition coefficient (Wildman–Crippen LogP) is 6.01. The zero-order valence-electron chi connectivity index (χ0n) is 14.8. The van der Waals surface area contributed by atoms with Gasteiger partial charge in [0.25, 0.3) is 0 Å². The molecular weight excluding hydrogens is 316 g/mol. The summed E-state index contributed by atoms with van der Waals surface area (Å²) >= 11 is 0. The molecule has 3 aromatic rings. The average molecular weight is 338 g/mol. The van der Waals surface area contributed by atoms with Gasteiger partial charge in [0.2, 0.25) is 0 Å². The molecule has 1 heteroatoms. The highest BCUT2D eigenvalue weighted by atomic mass is 16.1.